The number of nitrogens with zero attached hydrogens (tertiary/aromatic N) is 3. The summed E-state index contributed by atoms with van der Waals surface area (Å²) >= 11 is 1.46. The third-order valence-corrected chi connectivity index (χ3v) is 5.40. The monoisotopic (exact) mass is 379 g/mol. The van der Waals surface area contributed by atoms with Gasteiger partial charge < -0.3 is 4.90 Å². The molecule has 2 aromatic carbocycles. The number of aromatic nitrogens is 2. The van der Waals surface area contributed by atoms with Gasteiger partial charge in [0.1, 0.15) is 10.7 Å². The van der Waals surface area contributed by atoms with Gasteiger partial charge in [0.2, 0.25) is 5.91 Å². The van der Waals surface area contributed by atoms with Crippen LogP contribution in [0.2, 0.25) is 0 Å². The van der Waals surface area contributed by atoms with Crippen molar-refractivity contribution in [3.8, 4) is 11.3 Å². The van der Waals surface area contributed by atoms with Crippen LogP contribution in [0.1, 0.15) is 27.7 Å². The number of benzene rings is 2. The van der Waals surface area contributed by atoms with E-state index < -0.39 is 0 Å². The van der Waals surface area contributed by atoms with Gasteiger partial charge in [-0.15, -0.1) is 10.2 Å². The van der Waals surface area contributed by atoms with Crippen molar-refractivity contribution in [2.45, 2.75) is 44.8 Å². The summed E-state index contributed by atoms with van der Waals surface area (Å²) < 4.78 is 0. The van der Waals surface area contributed by atoms with E-state index in [1.807, 2.05) is 81.1 Å². The summed E-state index contributed by atoms with van der Waals surface area (Å²) in [5.41, 5.74) is 1.91. The Morgan fingerprint density at radius 1 is 0.889 bits per heavy atom. The smallest absolute Gasteiger partial charge is 0.233 e. The van der Waals surface area contributed by atoms with Crippen LogP contribution in [0.4, 0.5) is 0 Å². The second-order valence-corrected chi connectivity index (χ2v) is 8.01. The average molecular weight is 380 g/mol. The Morgan fingerprint density at radius 2 is 1.48 bits per heavy atom. The van der Waals surface area contributed by atoms with E-state index in [9.17, 15) is 4.79 Å². The van der Waals surface area contributed by atoms with Crippen molar-refractivity contribution >= 4 is 28.4 Å². The van der Waals surface area contributed by atoms with Crippen LogP contribution in [0.25, 0.3) is 22.0 Å². The van der Waals surface area contributed by atoms with Crippen molar-refractivity contribution < 1.29 is 4.79 Å². The molecule has 1 amide bonds. The molecule has 0 fully saturated rings. The molecule has 0 aliphatic heterocycles. The topological polar surface area (TPSA) is 46.1 Å². The van der Waals surface area contributed by atoms with Crippen LogP contribution < -0.4 is 0 Å². The minimum absolute atomic E-state index is 0.128. The first-order chi connectivity index (χ1) is 13.0. The Morgan fingerprint density at radius 3 is 2.11 bits per heavy atom. The molecule has 0 unspecified atom stereocenters. The molecule has 1 aromatic heterocycles. The van der Waals surface area contributed by atoms with Gasteiger partial charge in [0, 0.05) is 28.4 Å². The maximum atomic E-state index is 12.7. The first-order valence-corrected chi connectivity index (χ1v) is 10.2. The van der Waals surface area contributed by atoms with E-state index in [1.165, 1.54) is 11.8 Å². The highest BCUT2D eigenvalue weighted by atomic mass is 32.2. The lowest BCUT2D eigenvalue weighted by Gasteiger charge is -2.30. The van der Waals surface area contributed by atoms with Gasteiger partial charge in [0.25, 0.3) is 0 Å². The lowest BCUT2D eigenvalue weighted by Crippen LogP contribution is -2.43. The summed E-state index contributed by atoms with van der Waals surface area (Å²) in [5.74, 6) is 0.489. The molecular formula is C22H25N3OS. The van der Waals surface area contributed by atoms with E-state index in [2.05, 4.69) is 16.3 Å². The third-order valence-electron chi connectivity index (χ3n) is 4.43. The molecule has 0 aliphatic carbocycles. The van der Waals surface area contributed by atoms with Gasteiger partial charge in [-0.05, 0) is 27.7 Å². The van der Waals surface area contributed by atoms with E-state index in [0.717, 1.165) is 27.1 Å². The number of fused-ring (bicyclic) bond motifs is 1. The molecule has 0 atom stereocenters. The van der Waals surface area contributed by atoms with Crippen LogP contribution in [0.3, 0.4) is 0 Å². The summed E-state index contributed by atoms with van der Waals surface area (Å²) in [6.07, 6.45) is 0. The Kier molecular flexibility index (Phi) is 6.11. The van der Waals surface area contributed by atoms with Crippen molar-refractivity contribution in [3.63, 3.8) is 0 Å². The van der Waals surface area contributed by atoms with Gasteiger partial charge in [0.05, 0.1) is 5.75 Å². The molecule has 3 rings (SSSR count). The van der Waals surface area contributed by atoms with Gasteiger partial charge in [-0.2, -0.15) is 0 Å². The highest BCUT2D eigenvalue weighted by Gasteiger charge is 2.21. The zero-order valence-corrected chi connectivity index (χ0v) is 17.0. The van der Waals surface area contributed by atoms with Gasteiger partial charge in [-0.3, -0.25) is 4.79 Å². The highest BCUT2D eigenvalue weighted by molar-refractivity contribution is 8.00. The molecule has 27 heavy (non-hydrogen) atoms. The zero-order chi connectivity index (χ0) is 19.4. The predicted molar refractivity (Wildman–Crippen MR) is 113 cm³/mol. The molecule has 0 aliphatic rings. The second-order valence-electron chi connectivity index (χ2n) is 7.04. The number of rotatable bonds is 6. The molecule has 0 N–H and O–H groups in total. The molecule has 1 heterocycles. The minimum atomic E-state index is 0.128. The predicted octanol–water partition coefficient (Wildman–Crippen LogP) is 5.03. The van der Waals surface area contributed by atoms with E-state index in [0.29, 0.717) is 5.75 Å². The summed E-state index contributed by atoms with van der Waals surface area (Å²) in [7, 11) is 0. The molecule has 0 radical (unpaired) electrons. The lowest BCUT2D eigenvalue weighted by atomic mass is 10.1. The van der Waals surface area contributed by atoms with Gasteiger partial charge in [-0.25, -0.2) is 0 Å². The average Bonchev–Trinajstić information content (AvgIpc) is 2.66. The molecule has 0 saturated carbocycles. The standard InChI is InChI=1S/C22H25N3OS/c1-15(2)25(16(3)4)20(26)14-27-22-19-13-9-8-12-18(19)21(23-24-22)17-10-6-5-7-11-17/h5-13,15-16H,14H2,1-4H3. The second kappa shape index (κ2) is 8.53. The quantitative estimate of drug-likeness (QED) is 0.563. The molecule has 5 heteroatoms. The number of amides is 1. The summed E-state index contributed by atoms with van der Waals surface area (Å²) in [6, 6.07) is 18.5. The fraction of sp³-hybridized carbons (Fsp3) is 0.318. The number of thioether (sulfide) groups is 1. The van der Waals surface area contributed by atoms with Crippen LogP contribution >= 0.6 is 11.8 Å². The first kappa shape index (κ1) is 19.4. The Hall–Kier alpha value is -2.40. The van der Waals surface area contributed by atoms with Crippen LogP contribution in [-0.4, -0.2) is 38.8 Å². The normalized spacial score (nSPS) is 11.3. The summed E-state index contributed by atoms with van der Waals surface area (Å²) in [4.78, 5) is 14.6. The van der Waals surface area contributed by atoms with E-state index >= 15 is 0 Å². The van der Waals surface area contributed by atoms with E-state index in [4.69, 9.17) is 0 Å². The van der Waals surface area contributed by atoms with Crippen LogP contribution in [-0.2, 0) is 4.79 Å². The lowest BCUT2D eigenvalue weighted by molar-refractivity contribution is -0.131. The number of hydrogen-bond donors (Lipinski definition) is 0. The van der Waals surface area contributed by atoms with Crippen LogP contribution in [0.5, 0.6) is 0 Å². The van der Waals surface area contributed by atoms with Crippen molar-refractivity contribution in [2.24, 2.45) is 0 Å². The molecule has 4 nitrogen and oxygen atoms in total. The van der Waals surface area contributed by atoms with E-state index in [-0.39, 0.29) is 18.0 Å². The Labute approximate surface area is 165 Å². The van der Waals surface area contributed by atoms with Crippen LogP contribution in [0.15, 0.2) is 59.6 Å². The number of carbonyl (C=O) groups excluding carboxylic acids is 1. The highest BCUT2D eigenvalue weighted by Crippen LogP contribution is 2.31. The van der Waals surface area contributed by atoms with Gasteiger partial charge in [0.15, 0.2) is 0 Å². The molecule has 0 bridgehead atoms. The fourth-order valence-electron chi connectivity index (χ4n) is 3.37. The van der Waals surface area contributed by atoms with Crippen molar-refractivity contribution in [3.05, 3.63) is 54.6 Å². The molecule has 3 aromatic rings. The largest absolute Gasteiger partial charge is 0.337 e. The summed E-state index contributed by atoms with van der Waals surface area (Å²) in [5, 5.41) is 11.8. The van der Waals surface area contributed by atoms with E-state index in [1.54, 1.807) is 0 Å². The van der Waals surface area contributed by atoms with Crippen molar-refractivity contribution in [1.82, 2.24) is 15.1 Å². The minimum Gasteiger partial charge on any atom is -0.337 e. The maximum Gasteiger partial charge on any atom is 0.233 e. The third kappa shape index (κ3) is 4.30. The number of carbonyl (C=O) groups is 1. The first-order valence-electron chi connectivity index (χ1n) is 9.24. The molecular weight excluding hydrogens is 354 g/mol. The van der Waals surface area contributed by atoms with Gasteiger partial charge in [-0.1, -0.05) is 66.4 Å². The fourth-order valence-corrected chi connectivity index (χ4v) is 4.21. The molecule has 0 spiro atoms. The van der Waals surface area contributed by atoms with Gasteiger partial charge >= 0.3 is 0 Å². The Balaban J connectivity index is 1.90. The van der Waals surface area contributed by atoms with Crippen molar-refractivity contribution in [1.29, 1.82) is 0 Å². The SMILES string of the molecule is CC(C)N(C(=O)CSc1nnc(-c2ccccc2)c2ccccc12)C(C)C. The van der Waals surface area contributed by atoms with Crippen LogP contribution in [0, 0.1) is 0 Å². The zero-order valence-electron chi connectivity index (χ0n) is 16.2. The number of hydrogen-bond acceptors (Lipinski definition) is 4. The Bertz CT molecular complexity index is 917. The maximum absolute atomic E-state index is 12.7. The molecule has 140 valence electrons. The van der Waals surface area contributed by atoms with Crippen molar-refractivity contribution in [2.75, 3.05) is 5.75 Å². The summed E-state index contributed by atoms with van der Waals surface area (Å²) in [6.45, 7) is 8.19. The molecule has 0 saturated heterocycles.